The largest absolute Gasteiger partial charge is 0.316 e. The molecule has 0 amide bonds. The molecule has 0 radical (unpaired) electrons. The van der Waals surface area contributed by atoms with Gasteiger partial charge >= 0.3 is 0 Å². The zero-order valence-electron chi connectivity index (χ0n) is 11.7. The number of anilines is 1. The number of hydrogen-bond acceptors (Lipinski definition) is 4. The molecule has 0 spiro atoms. The van der Waals surface area contributed by atoms with Crippen LogP contribution in [-0.2, 0) is 16.6 Å². The molecule has 0 unspecified atom stereocenters. The highest BCUT2D eigenvalue weighted by Gasteiger charge is 2.17. The highest BCUT2D eigenvalue weighted by Crippen LogP contribution is 2.27. The Morgan fingerprint density at radius 1 is 1.24 bits per heavy atom. The fourth-order valence-electron chi connectivity index (χ4n) is 1.80. The second-order valence-corrected chi connectivity index (χ2v) is 7.00. The van der Waals surface area contributed by atoms with Gasteiger partial charge in [-0.1, -0.05) is 18.2 Å². The highest BCUT2D eigenvalue weighted by atomic mass is 79.9. The van der Waals surface area contributed by atoms with Gasteiger partial charge in [0, 0.05) is 17.2 Å². The third-order valence-corrected chi connectivity index (χ3v) is 5.22. The summed E-state index contributed by atoms with van der Waals surface area (Å²) in [6, 6.07) is 8.63. The summed E-state index contributed by atoms with van der Waals surface area (Å²) in [5, 5.41) is 2.98. The fraction of sp³-hybridized carbons (Fsp3) is 0.214. The molecule has 0 aliphatic rings. The fourth-order valence-corrected chi connectivity index (χ4v) is 3.30. The van der Waals surface area contributed by atoms with E-state index in [2.05, 4.69) is 31.0 Å². The molecule has 1 heterocycles. The van der Waals surface area contributed by atoms with Gasteiger partial charge in [-0.25, -0.2) is 4.98 Å². The predicted octanol–water partition coefficient (Wildman–Crippen LogP) is 2.67. The van der Waals surface area contributed by atoms with E-state index in [4.69, 9.17) is 0 Å². The Hall–Kier alpha value is -1.44. The number of rotatable bonds is 5. The van der Waals surface area contributed by atoms with Crippen LogP contribution in [0.5, 0.6) is 0 Å². The van der Waals surface area contributed by atoms with Crippen LogP contribution >= 0.6 is 15.9 Å². The lowest BCUT2D eigenvalue weighted by atomic mass is 10.2. The third kappa shape index (κ3) is 3.81. The van der Waals surface area contributed by atoms with Crippen molar-refractivity contribution in [3.05, 3.63) is 52.1 Å². The van der Waals surface area contributed by atoms with E-state index in [1.807, 2.05) is 20.0 Å². The maximum Gasteiger partial charge on any atom is 0.279 e. The molecule has 21 heavy (non-hydrogen) atoms. The van der Waals surface area contributed by atoms with E-state index in [0.717, 1.165) is 15.6 Å². The maximum absolute atomic E-state index is 12.3. The molecule has 0 fully saturated rings. The van der Waals surface area contributed by atoms with Crippen molar-refractivity contribution in [3.63, 3.8) is 0 Å². The van der Waals surface area contributed by atoms with Crippen LogP contribution < -0.4 is 10.0 Å². The number of aromatic nitrogens is 1. The van der Waals surface area contributed by atoms with E-state index in [-0.39, 0.29) is 5.03 Å². The molecular formula is C14H16BrN3O2S. The second kappa shape index (κ2) is 6.55. The molecule has 0 atom stereocenters. The van der Waals surface area contributed by atoms with Crippen LogP contribution in [0.25, 0.3) is 0 Å². The minimum atomic E-state index is -3.70. The molecule has 2 aromatic rings. The van der Waals surface area contributed by atoms with Gasteiger partial charge in [0.15, 0.2) is 5.03 Å². The molecule has 0 aliphatic heterocycles. The number of nitrogens with one attached hydrogen (secondary N) is 2. The maximum atomic E-state index is 12.3. The van der Waals surface area contributed by atoms with Gasteiger partial charge in [-0.05, 0) is 53.2 Å². The summed E-state index contributed by atoms with van der Waals surface area (Å²) in [5.41, 5.74) is 2.37. The van der Waals surface area contributed by atoms with Gasteiger partial charge in [0.25, 0.3) is 10.0 Å². The number of aryl methyl sites for hydroxylation is 1. The molecule has 0 saturated heterocycles. The molecule has 112 valence electrons. The lowest BCUT2D eigenvalue weighted by molar-refractivity contribution is 0.597. The van der Waals surface area contributed by atoms with Gasteiger partial charge in [-0.3, -0.25) is 4.72 Å². The standard InChI is InChI=1S/C14H16BrN3O2S/c1-10-4-3-5-12(14(10)15)18-21(19,20)13-7-6-11(8-16-2)9-17-13/h3-7,9,16,18H,8H2,1-2H3. The van der Waals surface area contributed by atoms with Crippen molar-refractivity contribution < 1.29 is 8.42 Å². The molecule has 1 aromatic heterocycles. The summed E-state index contributed by atoms with van der Waals surface area (Å²) < 4.78 is 27.9. The average Bonchev–Trinajstić information content (AvgIpc) is 2.45. The molecule has 0 aliphatic carbocycles. The molecule has 0 saturated carbocycles. The van der Waals surface area contributed by atoms with Crippen molar-refractivity contribution >= 4 is 31.6 Å². The van der Waals surface area contributed by atoms with Crippen LogP contribution in [0.15, 0.2) is 46.0 Å². The van der Waals surface area contributed by atoms with Crippen molar-refractivity contribution in [2.75, 3.05) is 11.8 Å². The number of halogens is 1. The van der Waals surface area contributed by atoms with E-state index in [9.17, 15) is 8.42 Å². The number of hydrogen-bond donors (Lipinski definition) is 2. The molecule has 7 heteroatoms. The number of sulfonamides is 1. The molecule has 2 rings (SSSR count). The molecule has 0 bridgehead atoms. The van der Waals surface area contributed by atoms with E-state index in [0.29, 0.717) is 12.2 Å². The molecule has 2 N–H and O–H groups in total. The molecule has 1 aromatic carbocycles. The first-order valence-electron chi connectivity index (χ1n) is 6.31. The average molecular weight is 370 g/mol. The Labute approximate surface area is 133 Å². The zero-order chi connectivity index (χ0) is 15.5. The van der Waals surface area contributed by atoms with Gasteiger partial charge in [0.2, 0.25) is 0 Å². The Morgan fingerprint density at radius 3 is 2.62 bits per heavy atom. The Morgan fingerprint density at radius 2 is 2.00 bits per heavy atom. The first-order valence-corrected chi connectivity index (χ1v) is 8.59. The summed E-state index contributed by atoms with van der Waals surface area (Å²) in [7, 11) is -1.87. The van der Waals surface area contributed by atoms with Gasteiger partial charge in [0.1, 0.15) is 0 Å². The van der Waals surface area contributed by atoms with Crippen LogP contribution in [0.4, 0.5) is 5.69 Å². The molecular weight excluding hydrogens is 354 g/mol. The highest BCUT2D eigenvalue weighted by molar-refractivity contribution is 9.10. The minimum Gasteiger partial charge on any atom is -0.316 e. The second-order valence-electron chi connectivity index (χ2n) is 4.58. The first kappa shape index (κ1) is 15.9. The van der Waals surface area contributed by atoms with E-state index >= 15 is 0 Å². The zero-order valence-corrected chi connectivity index (χ0v) is 14.1. The number of benzene rings is 1. The monoisotopic (exact) mass is 369 g/mol. The first-order chi connectivity index (χ1) is 9.94. The predicted molar refractivity (Wildman–Crippen MR) is 86.7 cm³/mol. The topological polar surface area (TPSA) is 71.1 Å². The lowest BCUT2D eigenvalue weighted by Gasteiger charge is -2.11. The summed E-state index contributed by atoms with van der Waals surface area (Å²) >= 11 is 3.38. The van der Waals surface area contributed by atoms with E-state index in [1.165, 1.54) is 6.07 Å². The normalized spacial score (nSPS) is 11.4. The van der Waals surface area contributed by atoms with E-state index < -0.39 is 10.0 Å². The van der Waals surface area contributed by atoms with Gasteiger partial charge in [-0.2, -0.15) is 8.42 Å². The van der Waals surface area contributed by atoms with Crippen molar-refractivity contribution in [1.82, 2.24) is 10.3 Å². The van der Waals surface area contributed by atoms with Crippen LogP contribution in [0.3, 0.4) is 0 Å². The lowest BCUT2D eigenvalue weighted by Crippen LogP contribution is -2.15. The van der Waals surface area contributed by atoms with Gasteiger partial charge in [-0.15, -0.1) is 0 Å². The van der Waals surface area contributed by atoms with Crippen LogP contribution in [-0.4, -0.2) is 20.4 Å². The molecule has 5 nitrogen and oxygen atoms in total. The summed E-state index contributed by atoms with van der Waals surface area (Å²) in [5.74, 6) is 0. The Balaban J connectivity index is 2.27. The van der Waals surface area contributed by atoms with Crippen LogP contribution in [0, 0.1) is 6.92 Å². The summed E-state index contributed by atoms with van der Waals surface area (Å²) in [4.78, 5) is 4.01. The van der Waals surface area contributed by atoms with Crippen molar-refractivity contribution in [2.45, 2.75) is 18.5 Å². The van der Waals surface area contributed by atoms with E-state index in [1.54, 1.807) is 24.4 Å². The van der Waals surface area contributed by atoms with Crippen molar-refractivity contribution in [3.8, 4) is 0 Å². The summed E-state index contributed by atoms with van der Waals surface area (Å²) in [6.45, 7) is 2.54. The minimum absolute atomic E-state index is 0.00393. The Bertz CT molecular complexity index is 730. The van der Waals surface area contributed by atoms with Crippen LogP contribution in [0.2, 0.25) is 0 Å². The van der Waals surface area contributed by atoms with Gasteiger partial charge in [0.05, 0.1) is 5.69 Å². The number of nitrogens with zero attached hydrogens (tertiary/aromatic N) is 1. The quantitative estimate of drug-likeness (QED) is 0.849. The van der Waals surface area contributed by atoms with Crippen molar-refractivity contribution in [2.24, 2.45) is 0 Å². The third-order valence-electron chi connectivity index (χ3n) is 2.89. The van der Waals surface area contributed by atoms with Crippen molar-refractivity contribution in [1.29, 1.82) is 0 Å². The Kier molecular flexibility index (Phi) is 4.97. The number of pyridine rings is 1. The SMILES string of the molecule is CNCc1ccc(S(=O)(=O)Nc2cccc(C)c2Br)nc1. The van der Waals surface area contributed by atoms with Gasteiger partial charge < -0.3 is 5.32 Å². The van der Waals surface area contributed by atoms with Crippen LogP contribution in [0.1, 0.15) is 11.1 Å². The summed E-state index contributed by atoms with van der Waals surface area (Å²) in [6.07, 6.45) is 1.55. The smallest absolute Gasteiger partial charge is 0.279 e.